The molecule has 0 spiro atoms. The summed E-state index contributed by atoms with van der Waals surface area (Å²) in [7, 11) is 1.52. The minimum Gasteiger partial charge on any atom is -0.495 e. The molecule has 1 N–H and O–H groups in total. The molecule has 2 aromatic rings. The van der Waals surface area contributed by atoms with E-state index in [4.69, 9.17) is 4.74 Å². The van der Waals surface area contributed by atoms with Crippen LogP contribution in [-0.2, 0) is 9.59 Å². The molecule has 0 atom stereocenters. The van der Waals surface area contributed by atoms with Crippen LogP contribution < -0.4 is 15.0 Å². The van der Waals surface area contributed by atoms with Gasteiger partial charge in [-0.05, 0) is 36.8 Å². The Morgan fingerprint density at radius 1 is 1.21 bits per heavy atom. The van der Waals surface area contributed by atoms with Crippen LogP contribution >= 0.6 is 0 Å². The first kappa shape index (κ1) is 20.5. The second kappa shape index (κ2) is 8.83. The number of hydrogen-bond acceptors (Lipinski definition) is 5. The van der Waals surface area contributed by atoms with Crippen LogP contribution in [0.2, 0.25) is 0 Å². The maximum absolute atomic E-state index is 13.5. The summed E-state index contributed by atoms with van der Waals surface area (Å²) in [6.45, 7) is 2.55. The van der Waals surface area contributed by atoms with Gasteiger partial charge in [0.1, 0.15) is 11.6 Å². The van der Waals surface area contributed by atoms with Crippen molar-refractivity contribution in [1.29, 1.82) is 0 Å². The molecule has 0 fully saturated rings. The first-order valence-corrected chi connectivity index (χ1v) is 9.25. The van der Waals surface area contributed by atoms with Crippen LogP contribution in [0.3, 0.4) is 0 Å². The lowest BCUT2D eigenvalue weighted by Gasteiger charge is -2.27. The highest BCUT2D eigenvalue weighted by molar-refractivity contribution is 6.52. The molecule has 8 heteroatoms. The monoisotopic (exact) mass is 399 g/mol. The standard InChI is InChI=1S/C21H22FN3O4/c1-3-10-24(12-19(26)23-16-6-4-5-7-18(16)29-2)13-25-17-9-8-14(22)11-15(17)20(27)21(25)28/h4-9,11H,3,10,12-13H2,1-2H3,(H,23,26). The number of ketones is 1. The number of amides is 2. The summed E-state index contributed by atoms with van der Waals surface area (Å²) in [6.07, 6.45) is 0.744. The second-order valence-electron chi connectivity index (χ2n) is 6.67. The van der Waals surface area contributed by atoms with Crippen molar-refractivity contribution in [3.63, 3.8) is 0 Å². The van der Waals surface area contributed by atoms with Gasteiger partial charge in [0.2, 0.25) is 5.91 Å². The van der Waals surface area contributed by atoms with E-state index in [0.29, 0.717) is 23.7 Å². The Kier molecular flexibility index (Phi) is 6.23. The molecule has 7 nitrogen and oxygen atoms in total. The Hall–Kier alpha value is -3.26. The summed E-state index contributed by atoms with van der Waals surface area (Å²) >= 11 is 0. The predicted octanol–water partition coefficient (Wildman–Crippen LogP) is 2.67. The van der Waals surface area contributed by atoms with E-state index in [1.54, 1.807) is 29.2 Å². The van der Waals surface area contributed by atoms with Crippen molar-refractivity contribution >= 4 is 29.0 Å². The zero-order chi connectivity index (χ0) is 21.0. The molecule has 0 saturated carbocycles. The van der Waals surface area contributed by atoms with Crippen LogP contribution in [-0.4, -0.2) is 49.4 Å². The van der Waals surface area contributed by atoms with Gasteiger partial charge in [0, 0.05) is 6.54 Å². The number of anilines is 2. The normalized spacial score (nSPS) is 13.0. The Labute approximate surface area is 168 Å². The summed E-state index contributed by atoms with van der Waals surface area (Å²) in [6, 6.07) is 10.7. The van der Waals surface area contributed by atoms with E-state index in [-0.39, 0.29) is 24.7 Å². The minimum atomic E-state index is -0.741. The molecule has 0 radical (unpaired) electrons. The molecule has 0 aliphatic carbocycles. The summed E-state index contributed by atoms with van der Waals surface area (Å²) in [4.78, 5) is 40.1. The smallest absolute Gasteiger partial charge is 0.300 e. The minimum absolute atomic E-state index is 0.0143. The lowest BCUT2D eigenvalue weighted by atomic mass is 10.1. The van der Waals surface area contributed by atoms with E-state index in [2.05, 4.69) is 5.32 Å². The topological polar surface area (TPSA) is 79.0 Å². The van der Waals surface area contributed by atoms with Crippen LogP contribution in [0.1, 0.15) is 23.7 Å². The van der Waals surface area contributed by atoms with E-state index in [1.807, 2.05) is 6.92 Å². The fourth-order valence-electron chi connectivity index (χ4n) is 3.27. The fraction of sp³-hybridized carbons (Fsp3) is 0.286. The maximum atomic E-state index is 13.5. The molecule has 0 unspecified atom stereocenters. The van der Waals surface area contributed by atoms with Crippen LogP contribution in [0, 0.1) is 5.82 Å². The van der Waals surface area contributed by atoms with Gasteiger partial charge in [-0.3, -0.25) is 24.2 Å². The third-order valence-electron chi connectivity index (χ3n) is 4.56. The van der Waals surface area contributed by atoms with Crippen molar-refractivity contribution in [1.82, 2.24) is 4.90 Å². The number of carbonyl (C=O) groups is 3. The summed E-state index contributed by atoms with van der Waals surface area (Å²) in [5, 5.41) is 2.80. The quantitative estimate of drug-likeness (QED) is 0.691. The number of rotatable bonds is 8. The Morgan fingerprint density at radius 2 is 1.97 bits per heavy atom. The zero-order valence-electron chi connectivity index (χ0n) is 16.3. The van der Waals surface area contributed by atoms with Crippen LogP contribution in [0.5, 0.6) is 5.75 Å². The number of fused-ring (bicyclic) bond motifs is 1. The van der Waals surface area contributed by atoms with Crippen LogP contribution in [0.25, 0.3) is 0 Å². The molecule has 0 aromatic heterocycles. The third kappa shape index (κ3) is 4.43. The van der Waals surface area contributed by atoms with E-state index in [1.165, 1.54) is 24.1 Å². The number of ether oxygens (including phenoxy) is 1. The highest BCUT2D eigenvalue weighted by atomic mass is 19.1. The van der Waals surface area contributed by atoms with Crippen LogP contribution in [0.4, 0.5) is 15.8 Å². The molecule has 2 aromatic carbocycles. The lowest BCUT2D eigenvalue weighted by Crippen LogP contribution is -2.44. The van der Waals surface area contributed by atoms with Crippen molar-refractivity contribution in [3.05, 3.63) is 53.8 Å². The number of nitrogens with one attached hydrogen (secondary N) is 1. The molecule has 2 amide bonds. The number of benzene rings is 2. The SMILES string of the molecule is CCCN(CC(=O)Nc1ccccc1OC)CN1C(=O)C(=O)c2cc(F)ccc21. The highest BCUT2D eigenvalue weighted by Crippen LogP contribution is 2.29. The first-order chi connectivity index (χ1) is 13.9. The number of Topliss-reactive ketones (excluding diaryl/α,β-unsaturated/α-hetero) is 1. The summed E-state index contributed by atoms with van der Waals surface area (Å²) in [5.74, 6) is -1.78. The van der Waals surface area contributed by atoms with E-state index >= 15 is 0 Å². The molecule has 1 heterocycles. The Morgan fingerprint density at radius 3 is 2.69 bits per heavy atom. The molecular formula is C21H22FN3O4. The molecule has 152 valence electrons. The van der Waals surface area contributed by atoms with Crippen molar-refractivity contribution in [2.24, 2.45) is 0 Å². The number of carbonyl (C=O) groups excluding carboxylic acids is 3. The van der Waals surface area contributed by atoms with Crippen LogP contribution in [0.15, 0.2) is 42.5 Å². The van der Waals surface area contributed by atoms with Gasteiger partial charge >= 0.3 is 5.91 Å². The second-order valence-corrected chi connectivity index (χ2v) is 6.67. The van der Waals surface area contributed by atoms with Gasteiger partial charge in [-0.15, -0.1) is 0 Å². The van der Waals surface area contributed by atoms with E-state index < -0.39 is 17.5 Å². The average Bonchev–Trinajstić information content (AvgIpc) is 2.93. The van der Waals surface area contributed by atoms with Gasteiger partial charge in [0.05, 0.1) is 37.3 Å². The molecule has 1 aliphatic rings. The summed E-state index contributed by atoms with van der Waals surface area (Å²) < 4.78 is 18.7. The maximum Gasteiger partial charge on any atom is 0.300 e. The third-order valence-corrected chi connectivity index (χ3v) is 4.56. The molecular weight excluding hydrogens is 377 g/mol. The number of para-hydroxylation sites is 2. The van der Waals surface area contributed by atoms with Gasteiger partial charge in [-0.1, -0.05) is 19.1 Å². The van der Waals surface area contributed by atoms with Crippen molar-refractivity contribution in [2.45, 2.75) is 13.3 Å². The predicted molar refractivity (Wildman–Crippen MR) is 107 cm³/mol. The van der Waals surface area contributed by atoms with E-state index in [9.17, 15) is 18.8 Å². The highest BCUT2D eigenvalue weighted by Gasteiger charge is 2.37. The first-order valence-electron chi connectivity index (χ1n) is 9.25. The van der Waals surface area contributed by atoms with Crippen molar-refractivity contribution in [2.75, 3.05) is 37.1 Å². The molecule has 3 rings (SSSR count). The fourth-order valence-corrected chi connectivity index (χ4v) is 3.27. The van der Waals surface area contributed by atoms with Gasteiger partial charge in [-0.2, -0.15) is 0 Å². The summed E-state index contributed by atoms with van der Waals surface area (Å²) in [5.41, 5.74) is 0.947. The van der Waals surface area contributed by atoms with Gasteiger partial charge in [-0.25, -0.2) is 4.39 Å². The Balaban J connectivity index is 1.73. The number of halogens is 1. The van der Waals surface area contributed by atoms with Gasteiger partial charge in [0.25, 0.3) is 5.78 Å². The Bertz CT molecular complexity index is 947. The molecule has 29 heavy (non-hydrogen) atoms. The lowest BCUT2D eigenvalue weighted by molar-refractivity contribution is -0.118. The van der Waals surface area contributed by atoms with Gasteiger partial charge in [0.15, 0.2) is 0 Å². The zero-order valence-corrected chi connectivity index (χ0v) is 16.3. The van der Waals surface area contributed by atoms with Gasteiger partial charge < -0.3 is 10.1 Å². The van der Waals surface area contributed by atoms with E-state index in [0.717, 1.165) is 12.5 Å². The molecule has 0 saturated heterocycles. The number of hydrogen-bond donors (Lipinski definition) is 1. The molecule has 1 aliphatic heterocycles. The number of nitrogens with zero attached hydrogens (tertiary/aromatic N) is 2. The largest absolute Gasteiger partial charge is 0.495 e. The number of methoxy groups -OCH3 is 1. The average molecular weight is 399 g/mol. The van der Waals surface area contributed by atoms with Crippen molar-refractivity contribution in [3.8, 4) is 5.75 Å². The molecule has 0 bridgehead atoms. The van der Waals surface area contributed by atoms with Crippen molar-refractivity contribution < 1.29 is 23.5 Å².